The SMILES string of the molecule is C=NN(/C=C(\N)CCCC)CCCCCC. The Morgan fingerprint density at radius 3 is 2.44 bits per heavy atom. The smallest absolute Gasteiger partial charge is 0.0419 e. The number of allylic oxidation sites excluding steroid dienone is 1. The monoisotopic (exact) mass is 225 g/mol. The van der Waals surface area contributed by atoms with Gasteiger partial charge in [0.2, 0.25) is 0 Å². The van der Waals surface area contributed by atoms with E-state index >= 15 is 0 Å². The molecule has 0 saturated carbocycles. The Bertz CT molecular complexity index is 199. The van der Waals surface area contributed by atoms with Gasteiger partial charge >= 0.3 is 0 Å². The van der Waals surface area contributed by atoms with Crippen molar-refractivity contribution in [2.75, 3.05) is 6.54 Å². The first-order valence-electron chi connectivity index (χ1n) is 6.44. The fourth-order valence-electron chi connectivity index (χ4n) is 1.51. The molecule has 0 amide bonds. The molecule has 0 fully saturated rings. The van der Waals surface area contributed by atoms with E-state index in [0.717, 1.165) is 31.5 Å². The van der Waals surface area contributed by atoms with Crippen molar-refractivity contribution in [1.29, 1.82) is 0 Å². The molecule has 0 atom stereocenters. The molecule has 0 heterocycles. The molecule has 0 aliphatic carbocycles. The van der Waals surface area contributed by atoms with Gasteiger partial charge in [-0.05, 0) is 19.3 Å². The molecule has 0 aromatic heterocycles. The minimum atomic E-state index is 0.907. The Hall–Kier alpha value is -0.990. The van der Waals surface area contributed by atoms with E-state index in [1.807, 2.05) is 11.2 Å². The Morgan fingerprint density at radius 2 is 1.88 bits per heavy atom. The average Bonchev–Trinajstić information content (AvgIpc) is 2.30. The van der Waals surface area contributed by atoms with Crippen molar-refractivity contribution < 1.29 is 0 Å². The van der Waals surface area contributed by atoms with Gasteiger partial charge in [0.15, 0.2) is 0 Å². The lowest BCUT2D eigenvalue weighted by Crippen LogP contribution is -2.14. The van der Waals surface area contributed by atoms with Crippen molar-refractivity contribution in [1.82, 2.24) is 5.01 Å². The molecule has 16 heavy (non-hydrogen) atoms. The minimum absolute atomic E-state index is 0.907. The van der Waals surface area contributed by atoms with E-state index in [-0.39, 0.29) is 0 Å². The highest BCUT2D eigenvalue weighted by molar-refractivity contribution is 5.23. The standard InChI is InChI=1S/C13H27N3/c1-4-6-8-9-11-16(15-3)12-13(14)10-7-5-2/h12H,3-11,14H2,1-2H3/b13-12-. The summed E-state index contributed by atoms with van der Waals surface area (Å²) in [6.45, 7) is 8.88. The number of rotatable bonds is 10. The van der Waals surface area contributed by atoms with Gasteiger partial charge in [0, 0.05) is 25.2 Å². The van der Waals surface area contributed by atoms with Crippen LogP contribution >= 0.6 is 0 Å². The Labute approximate surface area is 100 Å². The van der Waals surface area contributed by atoms with Crippen LogP contribution in [0, 0.1) is 0 Å². The summed E-state index contributed by atoms with van der Waals surface area (Å²) in [6.07, 6.45) is 10.2. The maximum absolute atomic E-state index is 5.90. The van der Waals surface area contributed by atoms with Gasteiger partial charge in [0.1, 0.15) is 0 Å². The lowest BCUT2D eigenvalue weighted by molar-refractivity contribution is 0.381. The van der Waals surface area contributed by atoms with Crippen LogP contribution in [0.25, 0.3) is 0 Å². The molecule has 3 nitrogen and oxygen atoms in total. The zero-order valence-electron chi connectivity index (χ0n) is 10.9. The lowest BCUT2D eigenvalue weighted by Gasteiger charge is -2.14. The highest BCUT2D eigenvalue weighted by Crippen LogP contribution is 2.06. The number of unbranched alkanes of at least 4 members (excludes halogenated alkanes) is 4. The molecule has 0 rings (SSSR count). The second kappa shape index (κ2) is 10.5. The van der Waals surface area contributed by atoms with Crippen LogP contribution in [0.4, 0.5) is 0 Å². The molecule has 0 radical (unpaired) electrons. The second-order valence-electron chi connectivity index (χ2n) is 4.17. The molecule has 0 saturated heterocycles. The number of nitrogens with zero attached hydrogens (tertiary/aromatic N) is 2. The van der Waals surface area contributed by atoms with E-state index < -0.39 is 0 Å². The molecule has 0 aromatic carbocycles. The number of hydrogen-bond acceptors (Lipinski definition) is 3. The molecule has 0 bridgehead atoms. The van der Waals surface area contributed by atoms with Crippen molar-refractivity contribution in [3.63, 3.8) is 0 Å². The van der Waals surface area contributed by atoms with Crippen molar-refractivity contribution in [2.24, 2.45) is 10.8 Å². The fourth-order valence-corrected chi connectivity index (χ4v) is 1.51. The summed E-state index contributed by atoms with van der Waals surface area (Å²) in [6, 6.07) is 0. The van der Waals surface area contributed by atoms with Crippen LogP contribution in [0.15, 0.2) is 17.0 Å². The molecule has 0 spiro atoms. The van der Waals surface area contributed by atoms with Crippen LogP contribution in [-0.4, -0.2) is 18.3 Å². The van der Waals surface area contributed by atoms with Gasteiger partial charge in [-0.25, -0.2) is 0 Å². The number of hydrazone groups is 1. The van der Waals surface area contributed by atoms with Crippen molar-refractivity contribution in [3.8, 4) is 0 Å². The van der Waals surface area contributed by atoms with Gasteiger partial charge in [0.25, 0.3) is 0 Å². The first-order chi connectivity index (χ1) is 7.74. The van der Waals surface area contributed by atoms with E-state index in [1.54, 1.807) is 0 Å². The topological polar surface area (TPSA) is 41.6 Å². The van der Waals surface area contributed by atoms with Gasteiger partial charge in [-0.3, -0.25) is 5.01 Å². The van der Waals surface area contributed by atoms with Gasteiger partial charge in [0.05, 0.1) is 0 Å². The summed E-state index contributed by atoms with van der Waals surface area (Å²) in [5.74, 6) is 0. The normalized spacial score (nSPS) is 11.5. The van der Waals surface area contributed by atoms with E-state index in [0.29, 0.717) is 0 Å². The molecule has 0 aromatic rings. The summed E-state index contributed by atoms with van der Waals surface area (Å²) in [5.41, 5.74) is 6.81. The number of nitrogens with two attached hydrogens (primary N) is 1. The van der Waals surface area contributed by atoms with Gasteiger partial charge in [-0.1, -0.05) is 39.5 Å². The average molecular weight is 225 g/mol. The molecular weight excluding hydrogens is 198 g/mol. The molecule has 2 N–H and O–H groups in total. The van der Waals surface area contributed by atoms with Crippen molar-refractivity contribution in [2.45, 2.75) is 58.8 Å². The Balaban J connectivity index is 3.83. The summed E-state index contributed by atoms with van der Waals surface area (Å²) >= 11 is 0. The molecule has 0 unspecified atom stereocenters. The maximum atomic E-state index is 5.90. The summed E-state index contributed by atoms with van der Waals surface area (Å²) in [7, 11) is 0. The predicted octanol–water partition coefficient (Wildman–Crippen LogP) is 3.47. The quantitative estimate of drug-likeness (QED) is 0.351. The molecule has 0 aliphatic heterocycles. The molecular formula is C13H27N3. The first-order valence-corrected chi connectivity index (χ1v) is 6.44. The fraction of sp³-hybridized carbons (Fsp3) is 0.769. The van der Waals surface area contributed by atoms with Gasteiger partial charge in [-0.15, -0.1) is 0 Å². The maximum Gasteiger partial charge on any atom is 0.0419 e. The first kappa shape index (κ1) is 15.0. The van der Waals surface area contributed by atoms with Gasteiger partial charge < -0.3 is 5.73 Å². The Kier molecular flexibility index (Phi) is 9.87. The zero-order valence-corrected chi connectivity index (χ0v) is 10.9. The number of hydrogen-bond donors (Lipinski definition) is 1. The van der Waals surface area contributed by atoms with E-state index in [1.165, 1.54) is 25.7 Å². The van der Waals surface area contributed by atoms with Crippen LogP contribution in [0.3, 0.4) is 0 Å². The van der Waals surface area contributed by atoms with Crippen LogP contribution < -0.4 is 5.73 Å². The van der Waals surface area contributed by atoms with E-state index in [9.17, 15) is 0 Å². The van der Waals surface area contributed by atoms with Crippen LogP contribution in [0.5, 0.6) is 0 Å². The van der Waals surface area contributed by atoms with E-state index in [2.05, 4.69) is 25.7 Å². The largest absolute Gasteiger partial charge is 0.401 e. The lowest BCUT2D eigenvalue weighted by atomic mass is 10.2. The summed E-state index contributed by atoms with van der Waals surface area (Å²) in [4.78, 5) is 0. The third kappa shape index (κ3) is 8.33. The highest BCUT2D eigenvalue weighted by atomic mass is 15.4. The van der Waals surface area contributed by atoms with Crippen molar-refractivity contribution in [3.05, 3.63) is 11.9 Å². The highest BCUT2D eigenvalue weighted by Gasteiger charge is 1.98. The van der Waals surface area contributed by atoms with Crippen LogP contribution in [0.2, 0.25) is 0 Å². The predicted molar refractivity (Wildman–Crippen MR) is 72.2 cm³/mol. The Morgan fingerprint density at radius 1 is 1.19 bits per heavy atom. The third-order valence-electron chi connectivity index (χ3n) is 2.56. The van der Waals surface area contributed by atoms with Gasteiger partial charge in [-0.2, -0.15) is 5.10 Å². The summed E-state index contributed by atoms with van der Waals surface area (Å²) < 4.78 is 0. The molecule has 3 heteroatoms. The van der Waals surface area contributed by atoms with Crippen molar-refractivity contribution >= 4 is 6.72 Å². The van der Waals surface area contributed by atoms with Crippen LogP contribution in [0.1, 0.15) is 58.8 Å². The zero-order chi connectivity index (χ0) is 12.2. The molecule has 0 aliphatic rings. The third-order valence-corrected chi connectivity index (χ3v) is 2.56. The second-order valence-corrected chi connectivity index (χ2v) is 4.17. The minimum Gasteiger partial charge on any atom is -0.401 e. The van der Waals surface area contributed by atoms with E-state index in [4.69, 9.17) is 5.73 Å². The van der Waals surface area contributed by atoms with Crippen LogP contribution in [-0.2, 0) is 0 Å². The summed E-state index contributed by atoms with van der Waals surface area (Å²) in [5, 5.41) is 5.82. The molecule has 94 valence electrons.